The first kappa shape index (κ1) is 21.1. The molecule has 31 heavy (non-hydrogen) atoms. The number of carbonyl (C=O) groups excluding carboxylic acids is 1. The molecular formula is C21H23N5O4S. The number of hydrogen-bond donors (Lipinski definition) is 0. The Bertz CT molecular complexity index is 1240. The topological polar surface area (TPSA) is 105 Å². The van der Waals surface area contributed by atoms with Gasteiger partial charge in [0.25, 0.3) is 5.56 Å². The molecule has 0 atom stereocenters. The molecule has 1 fully saturated rings. The van der Waals surface area contributed by atoms with Crippen molar-refractivity contribution in [3.05, 3.63) is 70.5 Å². The maximum Gasteiger partial charge on any atom is 0.277 e. The van der Waals surface area contributed by atoms with Gasteiger partial charge in [-0.3, -0.25) is 9.59 Å². The summed E-state index contributed by atoms with van der Waals surface area (Å²) in [5.74, 6) is -0.187. The van der Waals surface area contributed by atoms with Crippen LogP contribution in [0, 0.1) is 0 Å². The summed E-state index contributed by atoms with van der Waals surface area (Å²) in [4.78, 5) is 26.7. The van der Waals surface area contributed by atoms with Gasteiger partial charge in [-0.1, -0.05) is 47.7 Å². The van der Waals surface area contributed by atoms with E-state index >= 15 is 0 Å². The van der Waals surface area contributed by atoms with Gasteiger partial charge in [-0.25, -0.2) is 13.1 Å². The number of carbonyl (C=O) groups is 1. The molecule has 162 valence electrons. The molecular weight excluding hydrogens is 418 g/mol. The Morgan fingerprint density at radius 1 is 0.935 bits per heavy atom. The van der Waals surface area contributed by atoms with E-state index in [0.717, 1.165) is 5.56 Å². The summed E-state index contributed by atoms with van der Waals surface area (Å²) < 4.78 is 27.9. The monoisotopic (exact) mass is 441 g/mol. The third-order valence-corrected chi connectivity index (χ3v) is 7.19. The highest BCUT2D eigenvalue weighted by atomic mass is 32.2. The van der Waals surface area contributed by atoms with E-state index in [9.17, 15) is 18.0 Å². The average molecular weight is 442 g/mol. The summed E-state index contributed by atoms with van der Waals surface area (Å²) in [7, 11) is -3.44. The van der Waals surface area contributed by atoms with Crippen LogP contribution in [0.3, 0.4) is 0 Å². The second-order valence-electron chi connectivity index (χ2n) is 7.41. The molecule has 1 amide bonds. The van der Waals surface area contributed by atoms with Gasteiger partial charge in [0, 0.05) is 32.6 Å². The molecule has 0 spiro atoms. The van der Waals surface area contributed by atoms with Crippen molar-refractivity contribution in [1.29, 1.82) is 0 Å². The fraction of sp³-hybridized carbons (Fsp3) is 0.333. The number of nitrogens with zero attached hydrogens (tertiary/aromatic N) is 5. The van der Waals surface area contributed by atoms with Crippen molar-refractivity contribution in [2.75, 3.05) is 26.2 Å². The number of aryl methyl sites for hydroxylation is 1. The zero-order chi connectivity index (χ0) is 21.8. The van der Waals surface area contributed by atoms with Gasteiger partial charge >= 0.3 is 0 Å². The predicted molar refractivity (Wildman–Crippen MR) is 116 cm³/mol. The fourth-order valence-electron chi connectivity index (χ4n) is 3.62. The maximum absolute atomic E-state index is 12.7. The molecule has 1 aliphatic rings. The number of benzene rings is 2. The van der Waals surface area contributed by atoms with Crippen molar-refractivity contribution in [3.63, 3.8) is 0 Å². The molecule has 9 nitrogen and oxygen atoms in total. The van der Waals surface area contributed by atoms with Crippen LogP contribution in [0.1, 0.15) is 12.0 Å². The van der Waals surface area contributed by atoms with E-state index in [0.29, 0.717) is 24.0 Å². The number of sulfonamides is 1. The Balaban J connectivity index is 1.32. The van der Waals surface area contributed by atoms with Gasteiger partial charge in [-0.15, -0.1) is 5.10 Å². The Morgan fingerprint density at radius 3 is 2.35 bits per heavy atom. The largest absolute Gasteiger partial charge is 0.340 e. The molecule has 0 aliphatic carbocycles. The van der Waals surface area contributed by atoms with Crippen LogP contribution in [0.4, 0.5) is 0 Å². The quantitative estimate of drug-likeness (QED) is 0.562. The number of amides is 1. The van der Waals surface area contributed by atoms with Crippen LogP contribution < -0.4 is 5.56 Å². The molecule has 0 unspecified atom stereocenters. The standard InChI is InChI=1S/C21H23N5O4S/c27-20(10-11-26-21(28)18-8-4-5-9-19(18)22-23-26)24-12-14-25(15-13-24)31(29,30)16-17-6-2-1-3-7-17/h1-9H,10-16H2. The van der Waals surface area contributed by atoms with Crippen molar-refractivity contribution < 1.29 is 13.2 Å². The first-order valence-electron chi connectivity index (χ1n) is 10.1. The summed E-state index contributed by atoms with van der Waals surface area (Å²) in [6, 6.07) is 16.0. The lowest BCUT2D eigenvalue weighted by atomic mass is 10.2. The number of fused-ring (bicyclic) bond motifs is 1. The molecule has 2 heterocycles. The van der Waals surface area contributed by atoms with E-state index in [1.165, 1.54) is 8.99 Å². The van der Waals surface area contributed by atoms with Crippen LogP contribution in [0.2, 0.25) is 0 Å². The normalized spacial score (nSPS) is 15.3. The Morgan fingerprint density at radius 2 is 1.61 bits per heavy atom. The van der Waals surface area contributed by atoms with Crippen LogP contribution in [-0.2, 0) is 27.1 Å². The van der Waals surface area contributed by atoms with Crippen molar-refractivity contribution in [2.24, 2.45) is 0 Å². The smallest absolute Gasteiger partial charge is 0.277 e. The fourth-order valence-corrected chi connectivity index (χ4v) is 5.14. The Labute approximate surface area is 179 Å². The molecule has 1 aliphatic heterocycles. The van der Waals surface area contributed by atoms with Crippen LogP contribution in [-0.4, -0.2) is 64.7 Å². The van der Waals surface area contributed by atoms with E-state index in [2.05, 4.69) is 10.3 Å². The minimum atomic E-state index is -3.44. The Kier molecular flexibility index (Phi) is 6.10. The van der Waals surface area contributed by atoms with Gasteiger partial charge in [0.05, 0.1) is 17.7 Å². The lowest BCUT2D eigenvalue weighted by Gasteiger charge is -2.34. The maximum atomic E-state index is 12.7. The van der Waals surface area contributed by atoms with Gasteiger partial charge < -0.3 is 4.90 Å². The van der Waals surface area contributed by atoms with Crippen LogP contribution >= 0.6 is 0 Å². The van der Waals surface area contributed by atoms with Crippen LogP contribution in [0.25, 0.3) is 10.9 Å². The zero-order valence-electron chi connectivity index (χ0n) is 16.9. The molecule has 1 aromatic heterocycles. The summed E-state index contributed by atoms with van der Waals surface area (Å²) in [5.41, 5.74) is 0.973. The zero-order valence-corrected chi connectivity index (χ0v) is 17.7. The second-order valence-corrected chi connectivity index (χ2v) is 9.38. The molecule has 0 saturated carbocycles. The predicted octanol–water partition coefficient (Wildman–Crippen LogP) is 0.856. The molecule has 1 saturated heterocycles. The number of rotatable bonds is 6. The highest BCUT2D eigenvalue weighted by Crippen LogP contribution is 2.14. The van der Waals surface area contributed by atoms with Gasteiger partial charge in [0.1, 0.15) is 5.52 Å². The van der Waals surface area contributed by atoms with E-state index in [1.54, 1.807) is 41.3 Å². The van der Waals surface area contributed by atoms with Crippen molar-refractivity contribution in [2.45, 2.75) is 18.7 Å². The van der Waals surface area contributed by atoms with Gasteiger partial charge in [0.15, 0.2) is 0 Å². The van der Waals surface area contributed by atoms with Gasteiger partial charge in [-0.05, 0) is 17.7 Å². The average Bonchev–Trinajstić information content (AvgIpc) is 2.79. The summed E-state index contributed by atoms with van der Waals surface area (Å²) in [6.07, 6.45) is 0.101. The molecule has 0 N–H and O–H groups in total. The van der Waals surface area contributed by atoms with Crippen molar-refractivity contribution in [3.8, 4) is 0 Å². The lowest BCUT2D eigenvalue weighted by Crippen LogP contribution is -2.51. The van der Waals surface area contributed by atoms with E-state index in [4.69, 9.17) is 0 Å². The Hall–Kier alpha value is -3.11. The van der Waals surface area contributed by atoms with Crippen LogP contribution in [0.5, 0.6) is 0 Å². The highest BCUT2D eigenvalue weighted by molar-refractivity contribution is 7.88. The van der Waals surface area contributed by atoms with Crippen molar-refractivity contribution in [1.82, 2.24) is 24.2 Å². The van der Waals surface area contributed by atoms with E-state index in [1.807, 2.05) is 18.2 Å². The first-order valence-corrected chi connectivity index (χ1v) is 11.7. The SMILES string of the molecule is O=C(CCn1nnc2ccccc2c1=O)N1CCN(S(=O)(=O)Cc2ccccc2)CC1. The minimum Gasteiger partial charge on any atom is -0.340 e. The molecule has 10 heteroatoms. The summed E-state index contributed by atoms with van der Waals surface area (Å²) in [6.45, 7) is 1.30. The number of aromatic nitrogens is 3. The summed E-state index contributed by atoms with van der Waals surface area (Å²) in [5, 5.41) is 8.38. The minimum absolute atomic E-state index is 0.0503. The van der Waals surface area contributed by atoms with E-state index in [-0.39, 0.29) is 43.3 Å². The second kappa shape index (κ2) is 8.94. The van der Waals surface area contributed by atoms with Crippen molar-refractivity contribution >= 4 is 26.8 Å². The van der Waals surface area contributed by atoms with Gasteiger partial charge in [-0.2, -0.15) is 4.31 Å². The summed E-state index contributed by atoms with van der Waals surface area (Å²) >= 11 is 0. The molecule has 2 aromatic carbocycles. The third kappa shape index (κ3) is 4.80. The van der Waals surface area contributed by atoms with Crippen LogP contribution in [0.15, 0.2) is 59.4 Å². The number of hydrogen-bond acceptors (Lipinski definition) is 6. The number of piperazine rings is 1. The third-order valence-electron chi connectivity index (χ3n) is 5.34. The van der Waals surface area contributed by atoms with E-state index < -0.39 is 10.0 Å². The first-order chi connectivity index (χ1) is 14.9. The molecule has 0 radical (unpaired) electrons. The molecule has 4 rings (SSSR count). The molecule has 0 bridgehead atoms. The lowest BCUT2D eigenvalue weighted by molar-refractivity contribution is -0.132. The molecule has 3 aromatic rings. The highest BCUT2D eigenvalue weighted by Gasteiger charge is 2.28. The van der Waals surface area contributed by atoms with Gasteiger partial charge in [0.2, 0.25) is 15.9 Å².